The smallest absolute Gasteiger partial charge is 0.115 e. The van der Waals surface area contributed by atoms with Crippen molar-refractivity contribution in [1.29, 1.82) is 0 Å². The Morgan fingerprint density at radius 2 is 1.25 bits per heavy atom. The molecule has 4 heteroatoms. The Morgan fingerprint density at radius 3 is 1.25 bits per heavy atom. The largest absolute Gasteiger partial charge is 0.230 e. The highest BCUT2D eigenvalue weighted by Gasteiger charge is 1.37. The normalized spacial score (nSPS) is 4.50. The Hall–Kier alpha value is 0.985. The fourth-order valence-electron chi connectivity index (χ4n) is 0. The molecule has 0 spiro atoms. The molecule has 0 aliphatic rings. The van der Waals surface area contributed by atoms with Crippen LogP contribution < -0.4 is 0 Å². The standard InChI is InChI=1S/B.Br2O/c;1-3-2. The van der Waals surface area contributed by atoms with Crippen molar-refractivity contribution < 1.29 is 2.92 Å². The molecule has 0 atom stereocenters. The van der Waals surface area contributed by atoms with Crippen LogP contribution in [0.5, 0.6) is 0 Å². The third kappa shape index (κ3) is 12.1. The first-order chi connectivity index (χ1) is 1.41. The summed E-state index contributed by atoms with van der Waals surface area (Å²) in [4.78, 5) is 0. The molecule has 0 bridgehead atoms. The Balaban J connectivity index is 0. The lowest BCUT2D eigenvalue weighted by Crippen LogP contribution is -1.10. The van der Waals surface area contributed by atoms with Crippen molar-refractivity contribution in [2.75, 3.05) is 0 Å². The van der Waals surface area contributed by atoms with Gasteiger partial charge < -0.3 is 0 Å². The molecule has 0 aliphatic carbocycles. The molecule has 23 valence electrons. The minimum atomic E-state index is 0. The lowest BCUT2D eigenvalue weighted by atomic mass is 10.8. The van der Waals surface area contributed by atoms with E-state index in [0.29, 0.717) is 0 Å². The summed E-state index contributed by atoms with van der Waals surface area (Å²) in [5, 5.41) is 0. The van der Waals surface area contributed by atoms with Gasteiger partial charge >= 0.3 is 0 Å². The fourth-order valence-corrected chi connectivity index (χ4v) is 0. The van der Waals surface area contributed by atoms with Crippen molar-refractivity contribution in [2.24, 2.45) is 0 Å². The first-order valence-electron chi connectivity index (χ1n) is 0.309. The van der Waals surface area contributed by atoms with E-state index in [-0.39, 0.29) is 8.41 Å². The lowest BCUT2D eigenvalue weighted by Gasteiger charge is -1.48. The summed E-state index contributed by atoms with van der Waals surface area (Å²) in [7, 11) is 0. The summed E-state index contributed by atoms with van der Waals surface area (Å²) < 4.78 is 3.88. The molecule has 0 unspecified atom stereocenters. The maximum atomic E-state index is 3.88. The molecular formula is BBr2O. The molecule has 0 amide bonds. The molecule has 3 radical (unpaired) electrons. The highest BCUT2D eigenvalue weighted by atomic mass is 79.9. The molecule has 0 aromatic carbocycles. The average molecular weight is 187 g/mol. The SMILES string of the molecule is BrOBr.[B]. The van der Waals surface area contributed by atoms with Crippen molar-refractivity contribution in [2.45, 2.75) is 0 Å². The first kappa shape index (κ1) is 8.88. The minimum Gasteiger partial charge on any atom is -0.230 e. The zero-order valence-corrected chi connectivity index (χ0v) is 4.91. The van der Waals surface area contributed by atoms with Crippen LogP contribution >= 0.6 is 32.5 Å². The van der Waals surface area contributed by atoms with E-state index in [9.17, 15) is 0 Å². The van der Waals surface area contributed by atoms with Crippen LogP contribution in [0.2, 0.25) is 0 Å². The summed E-state index contributed by atoms with van der Waals surface area (Å²) >= 11 is 5.12. The highest BCUT2D eigenvalue weighted by Crippen LogP contribution is 1.88. The van der Waals surface area contributed by atoms with Gasteiger partial charge in [-0.1, -0.05) is 0 Å². The summed E-state index contributed by atoms with van der Waals surface area (Å²) in [6.45, 7) is 0. The lowest BCUT2D eigenvalue weighted by molar-refractivity contribution is 0.838. The molecule has 0 aliphatic heterocycles. The predicted octanol–water partition coefficient (Wildman–Crippen LogP) is 1.24. The molecule has 1 nitrogen and oxygen atoms in total. The number of halogens is 2. The number of hydrogen-bond acceptors (Lipinski definition) is 1. The van der Waals surface area contributed by atoms with Crippen LogP contribution in [0.3, 0.4) is 0 Å². The average Bonchev–Trinajstić information content (AvgIpc) is 0.918. The molecule has 0 N–H and O–H groups in total. The Bertz CT molecular complexity index is 6.00. The number of hydrogen-bond donors (Lipinski definition) is 0. The molecule has 0 aromatic heterocycles. The second kappa shape index (κ2) is 9.01. The van der Waals surface area contributed by atoms with Crippen LogP contribution in [-0.2, 0) is 2.92 Å². The van der Waals surface area contributed by atoms with Crippen molar-refractivity contribution in [3.63, 3.8) is 0 Å². The quantitative estimate of drug-likeness (QED) is 0.518. The second-order valence-corrected chi connectivity index (χ2v) is 1.57. The molecule has 0 fully saturated rings. The van der Waals surface area contributed by atoms with E-state index in [1.165, 1.54) is 0 Å². The molecule has 0 heterocycles. The minimum absolute atomic E-state index is 0. The second-order valence-electron chi connectivity index (χ2n) is 0.0583. The van der Waals surface area contributed by atoms with Gasteiger partial charge in [0.1, 0.15) is 32.5 Å². The van der Waals surface area contributed by atoms with Gasteiger partial charge in [-0.15, -0.1) is 0 Å². The molecule has 0 rings (SSSR count). The van der Waals surface area contributed by atoms with Crippen LogP contribution in [0.1, 0.15) is 0 Å². The van der Waals surface area contributed by atoms with Gasteiger partial charge in [-0.05, 0) is 0 Å². The van der Waals surface area contributed by atoms with Crippen LogP contribution in [0, 0.1) is 0 Å². The van der Waals surface area contributed by atoms with Crippen LogP contribution in [0.15, 0.2) is 0 Å². The van der Waals surface area contributed by atoms with E-state index in [1.54, 1.807) is 0 Å². The van der Waals surface area contributed by atoms with E-state index in [1.807, 2.05) is 0 Å². The van der Waals surface area contributed by atoms with Gasteiger partial charge in [-0.3, -0.25) is 0 Å². The third-order valence-corrected chi connectivity index (χ3v) is 0. The Labute approximate surface area is 44.2 Å². The van der Waals surface area contributed by atoms with Crippen LogP contribution in [0.4, 0.5) is 0 Å². The Morgan fingerprint density at radius 1 is 1.25 bits per heavy atom. The van der Waals surface area contributed by atoms with Gasteiger partial charge in [0.2, 0.25) is 0 Å². The summed E-state index contributed by atoms with van der Waals surface area (Å²) in [5.74, 6) is 0. The third-order valence-electron chi connectivity index (χ3n) is 0. The maximum absolute atomic E-state index is 3.88. The van der Waals surface area contributed by atoms with Crippen LogP contribution in [-0.4, -0.2) is 8.41 Å². The molecule has 4 heavy (non-hydrogen) atoms. The molecule has 0 saturated heterocycles. The van der Waals surface area contributed by atoms with E-state index in [4.69, 9.17) is 0 Å². The molecule has 0 aromatic rings. The Kier molecular flexibility index (Phi) is 20.0. The van der Waals surface area contributed by atoms with E-state index < -0.39 is 0 Å². The van der Waals surface area contributed by atoms with Crippen LogP contribution in [0.25, 0.3) is 0 Å². The zero-order valence-electron chi connectivity index (χ0n) is 1.74. The summed E-state index contributed by atoms with van der Waals surface area (Å²) in [6.07, 6.45) is 0. The number of rotatable bonds is 0. The zero-order chi connectivity index (χ0) is 2.71. The van der Waals surface area contributed by atoms with E-state index >= 15 is 0 Å². The van der Waals surface area contributed by atoms with Crippen molar-refractivity contribution in [3.05, 3.63) is 0 Å². The molecular weight excluding hydrogens is 187 g/mol. The summed E-state index contributed by atoms with van der Waals surface area (Å²) in [6, 6.07) is 0. The maximum Gasteiger partial charge on any atom is 0.115 e. The summed E-state index contributed by atoms with van der Waals surface area (Å²) in [5.41, 5.74) is 0. The van der Waals surface area contributed by atoms with Gasteiger partial charge in [-0.2, -0.15) is 0 Å². The predicted molar refractivity (Wildman–Crippen MR) is 24.7 cm³/mol. The van der Waals surface area contributed by atoms with Crippen molar-refractivity contribution >= 4 is 40.9 Å². The van der Waals surface area contributed by atoms with Crippen molar-refractivity contribution in [3.8, 4) is 0 Å². The van der Waals surface area contributed by atoms with Gasteiger partial charge in [0.25, 0.3) is 0 Å². The van der Waals surface area contributed by atoms with Gasteiger partial charge in [0.15, 0.2) is 0 Å². The topological polar surface area (TPSA) is 9.23 Å². The fraction of sp³-hybridized carbons (Fsp3) is 0. The monoisotopic (exact) mass is 185 g/mol. The highest BCUT2D eigenvalue weighted by molar-refractivity contribution is 9.18. The molecule has 0 saturated carbocycles. The van der Waals surface area contributed by atoms with E-state index in [0.717, 1.165) is 0 Å². The van der Waals surface area contributed by atoms with Gasteiger partial charge in [-0.25, -0.2) is 2.92 Å². The van der Waals surface area contributed by atoms with E-state index in [2.05, 4.69) is 35.4 Å². The van der Waals surface area contributed by atoms with Gasteiger partial charge in [0, 0.05) is 8.41 Å². The van der Waals surface area contributed by atoms with Crippen molar-refractivity contribution in [1.82, 2.24) is 0 Å². The first-order valence-corrected chi connectivity index (χ1v) is 1.60. The van der Waals surface area contributed by atoms with Gasteiger partial charge in [0.05, 0.1) is 0 Å².